The molecule has 0 aliphatic rings. The molecule has 0 fully saturated rings. The molecule has 1 nitrogen and oxygen atoms in total. The second kappa shape index (κ2) is 9.23. The largest absolute Gasteiger partial charge is 0.377 e. The lowest BCUT2D eigenvalue weighted by atomic mass is 9.95. The van der Waals surface area contributed by atoms with Gasteiger partial charge in [0.25, 0.3) is 0 Å². The first kappa shape index (κ1) is 14.2. The van der Waals surface area contributed by atoms with Gasteiger partial charge in [-0.3, -0.25) is 0 Å². The Hall–Kier alpha value is -0.820. The Labute approximate surface area is 106 Å². The Morgan fingerprint density at radius 2 is 1.59 bits per heavy atom. The summed E-state index contributed by atoms with van der Waals surface area (Å²) in [5.74, 6) is 0.862. The first-order valence-corrected chi connectivity index (χ1v) is 6.98. The van der Waals surface area contributed by atoms with Crippen LogP contribution >= 0.6 is 0 Å². The average molecular weight is 234 g/mol. The lowest BCUT2D eigenvalue weighted by molar-refractivity contribution is 0.104. The van der Waals surface area contributed by atoms with E-state index in [1.165, 1.54) is 37.7 Å². The van der Waals surface area contributed by atoms with Gasteiger partial charge < -0.3 is 4.74 Å². The smallest absolute Gasteiger partial charge is 0.0716 e. The molecule has 1 aromatic carbocycles. The van der Waals surface area contributed by atoms with E-state index in [1.54, 1.807) is 0 Å². The third-order valence-electron chi connectivity index (χ3n) is 3.18. The molecule has 1 heteroatoms. The normalized spacial score (nSPS) is 11.0. The maximum Gasteiger partial charge on any atom is 0.0716 e. The molecular weight excluding hydrogens is 208 g/mol. The quantitative estimate of drug-likeness (QED) is 0.557. The molecule has 0 heterocycles. The Morgan fingerprint density at radius 1 is 0.941 bits per heavy atom. The van der Waals surface area contributed by atoms with E-state index in [1.807, 2.05) is 6.07 Å². The maximum absolute atomic E-state index is 5.74. The highest BCUT2D eigenvalue weighted by atomic mass is 16.5. The van der Waals surface area contributed by atoms with Crippen LogP contribution in [0.15, 0.2) is 30.3 Å². The molecule has 1 rings (SSSR count). The van der Waals surface area contributed by atoms with Gasteiger partial charge in [0.2, 0.25) is 0 Å². The van der Waals surface area contributed by atoms with Gasteiger partial charge in [0.15, 0.2) is 0 Å². The molecule has 0 saturated heterocycles. The number of rotatable bonds is 9. The van der Waals surface area contributed by atoms with Crippen molar-refractivity contribution in [3.05, 3.63) is 35.9 Å². The minimum absolute atomic E-state index is 0.756. The second-order valence-corrected chi connectivity index (χ2v) is 4.77. The average Bonchev–Trinajstić information content (AvgIpc) is 2.36. The molecule has 0 unspecified atom stereocenters. The Bertz CT molecular complexity index is 262. The van der Waals surface area contributed by atoms with Gasteiger partial charge in [-0.25, -0.2) is 0 Å². The van der Waals surface area contributed by atoms with E-state index in [0.29, 0.717) is 0 Å². The molecule has 0 aliphatic carbocycles. The highest BCUT2D eigenvalue weighted by Crippen LogP contribution is 2.17. The molecule has 0 spiro atoms. The van der Waals surface area contributed by atoms with Crippen LogP contribution in [0.4, 0.5) is 0 Å². The maximum atomic E-state index is 5.74. The van der Waals surface area contributed by atoms with Crippen molar-refractivity contribution in [2.45, 2.75) is 52.6 Å². The summed E-state index contributed by atoms with van der Waals surface area (Å²) in [4.78, 5) is 0. The van der Waals surface area contributed by atoms with Crippen LogP contribution in [0, 0.1) is 5.92 Å². The third-order valence-corrected chi connectivity index (χ3v) is 3.18. The van der Waals surface area contributed by atoms with Crippen molar-refractivity contribution < 1.29 is 4.74 Å². The fourth-order valence-corrected chi connectivity index (χ4v) is 2.26. The summed E-state index contributed by atoms with van der Waals surface area (Å²) in [7, 11) is 0. The predicted molar refractivity (Wildman–Crippen MR) is 74.0 cm³/mol. The minimum atomic E-state index is 0.756. The fraction of sp³-hybridized carbons (Fsp3) is 0.625. The zero-order chi connectivity index (χ0) is 12.3. The van der Waals surface area contributed by atoms with Crippen LogP contribution in [0.2, 0.25) is 0 Å². The van der Waals surface area contributed by atoms with Crippen LogP contribution in [-0.4, -0.2) is 6.61 Å². The number of hydrogen-bond acceptors (Lipinski definition) is 1. The van der Waals surface area contributed by atoms with Crippen LogP contribution in [0.5, 0.6) is 0 Å². The molecule has 0 aromatic heterocycles. The minimum Gasteiger partial charge on any atom is -0.377 e. The lowest BCUT2D eigenvalue weighted by Gasteiger charge is -2.15. The molecule has 0 N–H and O–H groups in total. The van der Waals surface area contributed by atoms with Crippen molar-refractivity contribution in [1.82, 2.24) is 0 Å². The van der Waals surface area contributed by atoms with Crippen molar-refractivity contribution in [2.24, 2.45) is 5.92 Å². The third kappa shape index (κ3) is 6.48. The van der Waals surface area contributed by atoms with Crippen LogP contribution in [0.1, 0.15) is 51.5 Å². The van der Waals surface area contributed by atoms with Crippen molar-refractivity contribution in [1.29, 1.82) is 0 Å². The Balaban J connectivity index is 2.13. The van der Waals surface area contributed by atoms with Crippen molar-refractivity contribution >= 4 is 0 Å². The van der Waals surface area contributed by atoms with E-state index in [-0.39, 0.29) is 0 Å². The Morgan fingerprint density at radius 3 is 2.18 bits per heavy atom. The molecule has 1 aromatic rings. The molecule has 96 valence electrons. The standard InChI is InChI=1S/C16H26O/c1-3-8-15(9-4-2)12-13-17-14-16-10-6-5-7-11-16/h5-7,10-11,15H,3-4,8-9,12-14H2,1-2H3. The molecule has 0 bridgehead atoms. The van der Waals surface area contributed by atoms with Gasteiger partial charge in [-0.05, 0) is 17.9 Å². The summed E-state index contributed by atoms with van der Waals surface area (Å²) in [5.41, 5.74) is 1.27. The highest BCUT2D eigenvalue weighted by Gasteiger charge is 2.06. The van der Waals surface area contributed by atoms with Gasteiger partial charge in [0, 0.05) is 6.61 Å². The zero-order valence-electron chi connectivity index (χ0n) is 11.3. The summed E-state index contributed by atoms with van der Waals surface area (Å²) in [6, 6.07) is 10.4. The van der Waals surface area contributed by atoms with Crippen molar-refractivity contribution in [3.63, 3.8) is 0 Å². The number of ether oxygens (including phenoxy) is 1. The Kier molecular flexibility index (Phi) is 7.74. The van der Waals surface area contributed by atoms with Gasteiger partial charge >= 0.3 is 0 Å². The number of hydrogen-bond donors (Lipinski definition) is 0. The fourth-order valence-electron chi connectivity index (χ4n) is 2.26. The predicted octanol–water partition coefficient (Wildman–Crippen LogP) is 4.81. The molecule has 0 atom stereocenters. The van der Waals surface area contributed by atoms with Crippen molar-refractivity contribution in [2.75, 3.05) is 6.61 Å². The van der Waals surface area contributed by atoms with E-state index >= 15 is 0 Å². The van der Waals surface area contributed by atoms with Crippen molar-refractivity contribution in [3.8, 4) is 0 Å². The van der Waals surface area contributed by atoms with E-state index in [0.717, 1.165) is 19.1 Å². The highest BCUT2D eigenvalue weighted by molar-refractivity contribution is 5.13. The first-order valence-electron chi connectivity index (χ1n) is 6.98. The lowest BCUT2D eigenvalue weighted by Crippen LogP contribution is -2.05. The van der Waals surface area contributed by atoms with E-state index in [4.69, 9.17) is 4.74 Å². The van der Waals surface area contributed by atoms with Gasteiger partial charge in [-0.1, -0.05) is 69.9 Å². The van der Waals surface area contributed by atoms with Crippen LogP contribution < -0.4 is 0 Å². The monoisotopic (exact) mass is 234 g/mol. The molecule has 0 saturated carbocycles. The number of benzene rings is 1. The van der Waals surface area contributed by atoms with E-state index < -0.39 is 0 Å². The van der Waals surface area contributed by atoms with E-state index in [9.17, 15) is 0 Å². The van der Waals surface area contributed by atoms with Crippen LogP contribution in [0.3, 0.4) is 0 Å². The van der Waals surface area contributed by atoms with Gasteiger partial charge in [-0.2, -0.15) is 0 Å². The van der Waals surface area contributed by atoms with Gasteiger partial charge in [0.1, 0.15) is 0 Å². The second-order valence-electron chi connectivity index (χ2n) is 4.77. The SMILES string of the molecule is CCCC(CCC)CCOCc1ccccc1. The van der Waals surface area contributed by atoms with Crippen LogP contribution in [-0.2, 0) is 11.3 Å². The van der Waals surface area contributed by atoms with Gasteiger partial charge in [-0.15, -0.1) is 0 Å². The van der Waals surface area contributed by atoms with E-state index in [2.05, 4.69) is 38.1 Å². The summed E-state index contributed by atoms with van der Waals surface area (Å²) in [6.07, 6.45) is 6.51. The summed E-state index contributed by atoms with van der Waals surface area (Å²) in [5, 5.41) is 0. The topological polar surface area (TPSA) is 9.23 Å². The summed E-state index contributed by atoms with van der Waals surface area (Å²) < 4.78 is 5.74. The van der Waals surface area contributed by atoms with Crippen LogP contribution in [0.25, 0.3) is 0 Å². The summed E-state index contributed by atoms with van der Waals surface area (Å²) in [6.45, 7) is 6.20. The molecule has 0 aliphatic heterocycles. The summed E-state index contributed by atoms with van der Waals surface area (Å²) >= 11 is 0. The molecule has 0 radical (unpaired) electrons. The molecular formula is C16H26O. The van der Waals surface area contributed by atoms with Gasteiger partial charge in [0.05, 0.1) is 6.61 Å². The molecule has 17 heavy (non-hydrogen) atoms. The zero-order valence-corrected chi connectivity index (χ0v) is 11.3. The molecule has 0 amide bonds. The first-order chi connectivity index (χ1) is 8.36.